The van der Waals surface area contributed by atoms with Crippen molar-refractivity contribution < 1.29 is 14.3 Å². The van der Waals surface area contributed by atoms with Crippen molar-refractivity contribution in [3.05, 3.63) is 23.8 Å². The van der Waals surface area contributed by atoms with Crippen LogP contribution in [0.4, 0.5) is 0 Å². The molecule has 0 saturated heterocycles. The van der Waals surface area contributed by atoms with E-state index in [4.69, 9.17) is 9.47 Å². The highest BCUT2D eigenvalue weighted by Crippen LogP contribution is 2.41. The number of rotatable bonds is 4. The minimum atomic E-state index is -0.207. The summed E-state index contributed by atoms with van der Waals surface area (Å²) in [5, 5.41) is 3.12. The monoisotopic (exact) mass is 317 g/mol. The molecule has 3 rings (SSSR count). The molecule has 1 amide bonds. The van der Waals surface area contributed by atoms with Crippen LogP contribution in [0.5, 0.6) is 11.5 Å². The quantitative estimate of drug-likeness (QED) is 0.925. The molecule has 0 radical (unpaired) electrons. The Morgan fingerprint density at radius 1 is 1.35 bits per heavy atom. The van der Waals surface area contributed by atoms with Gasteiger partial charge >= 0.3 is 0 Å². The van der Waals surface area contributed by atoms with Crippen molar-refractivity contribution in [1.29, 1.82) is 0 Å². The molecule has 4 nitrogen and oxygen atoms in total. The number of hydrogen-bond acceptors (Lipinski definition) is 3. The lowest BCUT2D eigenvalue weighted by Crippen LogP contribution is -2.43. The highest BCUT2D eigenvalue weighted by Gasteiger charge is 2.32. The first kappa shape index (κ1) is 16.2. The third kappa shape index (κ3) is 3.80. The summed E-state index contributed by atoms with van der Waals surface area (Å²) in [6.45, 7) is 6.39. The van der Waals surface area contributed by atoms with Crippen molar-refractivity contribution in [1.82, 2.24) is 5.32 Å². The summed E-state index contributed by atoms with van der Waals surface area (Å²) in [4.78, 5) is 12.2. The molecule has 0 unspecified atom stereocenters. The van der Waals surface area contributed by atoms with Gasteiger partial charge in [-0.3, -0.25) is 4.79 Å². The van der Waals surface area contributed by atoms with Crippen LogP contribution in [-0.4, -0.2) is 24.2 Å². The Morgan fingerprint density at radius 2 is 2.13 bits per heavy atom. The Bertz CT molecular complexity index is 582. The van der Waals surface area contributed by atoms with Gasteiger partial charge in [-0.1, -0.05) is 31.9 Å². The number of benzene rings is 1. The van der Waals surface area contributed by atoms with Crippen molar-refractivity contribution in [3.63, 3.8) is 0 Å². The zero-order valence-corrected chi connectivity index (χ0v) is 14.4. The highest BCUT2D eigenvalue weighted by atomic mass is 16.5. The maximum atomic E-state index is 12.2. The Hall–Kier alpha value is -1.71. The standard InChI is InChI=1S/C19H27NO3/c1-13-7-4-5-9-15(13)20-17(21)12-22-16-10-6-8-14-11-19(2,3)23-18(14)16/h6,8,10,13,15H,4-5,7,9,11-12H2,1-3H3,(H,20,21)/t13-,15+/m1/s1. The summed E-state index contributed by atoms with van der Waals surface area (Å²) in [7, 11) is 0. The van der Waals surface area contributed by atoms with Crippen LogP contribution in [0.15, 0.2) is 18.2 Å². The van der Waals surface area contributed by atoms with Gasteiger partial charge in [0, 0.05) is 18.0 Å². The van der Waals surface area contributed by atoms with E-state index in [9.17, 15) is 4.79 Å². The van der Waals surface area contributed by atoms with Crippen LogP contribution < -0.4 is 14.8 Å². The summed E-state index contributed by atoms with van der Waals surface area (Å²) in [6.07, 6.45) is 5.61. The molecule has 2 atom stereocenters. The maximum absolute atomic E-state index is 12.2. The number of para-hydroxylation sites is 1. The topological polar surface area (TPSA) is 47.6 Å². The molecule has 0 aromatic heterocycles. The summed E-state index contributed by atoms with van der Waals surface area (Å²) in [5.74, 6) is 1.97. The summed E-state index contributed by atoms with van der Waals surface area (Å²) >= 11 is 0. The molecule has 1 aliphatic carbocycles. The van der Waals surface area contributed by atoms with Crippen molar-refractivity contribution >= 4 is 5.91 Å². The first-order valence-corrected chi connectivity index (χ1v) is 8.68. The fraction of sp³-hybridized carbons (Fsp3) is 0.632. The van der Waals surface area contributed by atoms with E-state index in [1.807, 2.05) is 12.1 Å². The molecule has 1 aliphatic heterocycles. The van der Waals surface area contributed by atoms with Crippen molar-refractivity contribution in [3.8, 4) is 11.5 Å². The van der Waals surface area contributed by atoms with E-state index >= 15 is 0 Å². The van der Waals surface area contributed by atoms with Gasteiger partial charge in [0.2, 0.25) is 0 Å². The predicted octanol–water partition coefficient (Wildman–Crippen LogP) is 3.47. The fourth-order valence-corrected chi connectivity index (χ4v) is 3.62. The fourth-order valence-electron chi connectivity index (χ4n) is 3.62. The van der Waals surface area contributed by atoms with Gasteiger partial charge in [-0.25, -0.2) is 0 Å². The van der Waals surface area contributed by atoms with E-state index in [2.05, 4.69) is 32.2 Å². The molecule has 0 spiro atoms. The largest absolute Gasteiger partial charge is 0.483 e. The van der Waals surface area contributed by atoms with Gasteiger partial charge in [-0.05, 0) is 38.7 Å². The average Bonchev–Trinajstić information content (AvgIpc) is 2.82. The van der Waals surface area contributed by atoms with E-state index in [1.54, 1.807) is 0 Å². The first-order chi connectivity index (χ1) is 10.9. The lowest BCUT2D eigenvalue weighted by molar-refractivity contribution is -0.124. The minimum Gasteiger partial charge on any atom is -0.483 e. The number of amides is 1. The number of hydrogen-bond donors (Lipinski definition) is 1. The molecule has 1 heterocycles. The molecule has 1 saturated carbocycles. The van der Waals surface area contributed by atoms with E-state index in [1.165, 1.54) is 19.3 Å². The Morgan fingerprint density at radius 3 is 2.91 bits per heavy atom. The van der Waals surface area contributed by atoms with Gasteiger partial charge in [0.15, 0.2) is 18.1 Å². The van der Waals surface area contributed by atoms with Crippen molar-refractivity contribution in [2.45, 2.75) is 64.5 Å². The number of carbonyl (C=O) groups excluding carboxylic acids is 1. The molecule has 1 aromatic carbocycles. The Kier molecular flexibility index (Phi) is 4.51. The third-order valence-corrected chi connectivity index (χ3v) is 4.87. The van der Waals surface area contributed by atoms with Crippen LogP contribution in [0, 0.1) is 5.92 Å². The summed E-state index contributed by atoms with van der Waals surface area (Å²) < 4.78 is 11.7. The molecule has 0 bridgehead atoms. The van der Waals surface area contributed by atoms with Crippen molar-refractivity contribution in [2.24, 2.45) is 5.92 Å². The second-order valence-electron chi connectivity index (χ2n) is 7.51. The molecule has 1 aromatic rings. The number of fused-ring (bicyclic) bond motifs is 1. The molecular formula is C19H27NO3. The second kappa shape index (κ2) is 6.42. The lowest BCUT2D eigenvalue weighted by Gasteiger charge is -2.29. The highest BCUT2D eigenvalue weighted by molar-refractivity contribution is 5.78. The SMILES string of the molecule is C[C@@H]1CCCC[C@@H]1NC(=O)COc1cccc2c1OC(C)(C)C2. The van der Waals surface area contributed by atoms with E-state index in [-0.39, 0.29) is 24.2 Å². The van der Waals surface area contributed by atoms with E-state index in [0.29, 0.717) is 11.7 Å². The van der Waals surface area contributed by atoms with Crippen LogP contribution in [0.25, 0.3) is 0 Å². The van der Waals surface area contributed by atoms with E-state index in [0.717, 1.165) is 24.2 Å². The van der Waals surface area contributed by atoms with Crippen LogP contribution in [0.2, 0.25) is 0 Å². The first-order valence-electron chi connectivity index (χ1n) is 8.68. The molecular weight excluding hydrogens is 290 g/mol. The molecule has 23 heavy (non-hydrogen) atoms. The smallest absolute Gasteiger partial charge is 0.258 e. The van der Waals surface area contributed by atoms with Gasteiger partial charge in [0.25, 0.3) is 5.91 Å². The van der Waals surface area contributed by atoms with Crippen LogP contribution in [-0.2, 0) is 11.2 Å². The minimum absolute atomic E-state index is 0.0430. The maximum Gasteiger partial charge on any atom is 0.258 e. The van der Waals surface area contributed by atoms with Gasteiger partial charge in [0.05, 0.1) is 0 Å². The van der Waals surface area contributed by atoms with Crippen LogP contribution in [0.3, 0.4) is 0 Å². The van der Waals surface area contributed by atoms with Gasteiger partial charge in [-0.15, -0.1) is 0 Å². The zero-order valence-electron chi connectivity index (χ0n) is 14.4. The predicted molar refractivity (Wildman–Crippen MR) is 89.9 cm³/mol. The molecule has 1 N–H and O–H groups in total. The normalized spacial score (nSPS) is 25.3. The molecule has 2 aliphatic rings. The lowest BCUT2D eigenvalue weighted by atomic mass is 9.86. The average molecular weight is 317 g/mol. The molecule has 1 fully saturated rings. The molecule has 126 valence electrons. The third-order valence-electron chi connectivity index (χ3n) is 4.87. The van der Waals surface area contributed by atoms with Gasteiger partial charge in [0.1, 0.15) is 5.60 Å². The Labute approximate surface area is 138 Å². The van der Waals surface area contributed by atoms with Gasteiger partial charge in [-0.2, -0.15) is 0 Å². The Balaban J connectivity index is 1.57. The number of carbonyl (C=O) groups is 1. The van der Waals surface area contributed by atoms with Crippen LogP contribution >= 0.6 is 0 Å². The number of ether oxygens (including phenoxy) is 2. The van der Waals surface area contributed by atoms with Crippen LogP contribution in [0.1, 0.15) is 52.0 Å². The zero-order chi connectivity index (χ0) is 16.4. The second-order valence-corrected chi connectivity index (χ2v) is 7.51. The molecule has 4 heteroatoms. The number of nitrogens with one attached hydrogen (secondary N) is 1. The van der Waals surface area contributed by atoms with Gasteiger partial charge < -0.3 is 14.8 Å². The van der Waals surface area contributed by atoms with E-state index < -0.39 is 0 Å². The summed E-state index contributed by atoms with van der Waals surface area (Å²) in [5.41, 5.74) is 0.940. The summed E-state index contributed by atoms with van der Waals surface area (Å²) in [6, 6.07) is 6.17. The van der Waals surface area contributed by atoms with Crippen molar-refractivity contribution in [2.75, 3.05) is 6.61 Å².